The van der Waals surface area contributed by atoms with E-state index in [2.05, 4.69) is 6.58 Å². The van der Waals surface area contributed by atoms with E-state index in [9.17, 15) is 9.59 Å². The van der Waals surface area contributed by atoms with E-state index >= 15 is 0 Å². The van der Waals surface area contributed by atoms with Gasteiger partial charge in [-0.15, -0.1) is 0 Å². The second-order valence-electron chi connectivity index (χ2n) is 1.92. The summed E-state index contributed by atoms with van der Waals surface area (Å²) in [4.78, 5) is 19.1. The first-order chi connectivity index (χ1) is 5.41. The van der Waals surface area contributed by atoms with Gasteiger partial charge in [0.2, 0.25) is 0 Å². The van der Waals surface area contributed by atoms with Gasteiger partial charge in [0.05, 0.1) is 0 Å². The highest BCUT2D eigenvalue weighted by Gasteiger charge is 1.90. The van der Waals surface area contributed by atoms with E-state index in [-0.39, 0.29) is 5.57 Å². The molecule has 4 nitrogen and oxygen atoms in total. The molecule has 0 spiro atoms. The Balaban J connectivity index is 0. The number of aliphatic carboxylic acids is 2. The maximum atomic E-state index is 9.60. The molecule has 0 saturated heterocycles. The van der Waals surface area contributed by atoms with Gasteiger partial charge in [0.15, 0.2) is 0 Å². The van der Waals surface area contributed by atoms with Crippen molar-refractivity contribution in [1.82, 2.24) is 0 Å². The van der Waals surface area contributed by atoms with Gasteiger partial charge in [-0.2, -0.15) is 0 Å². The topological polar surface area (TPSA) is 74.6 Å². The van der Waals surface area contributed by atoms with Gasteiger partial charge in [-0.05, 0) is 13.8 Å². The smallest absolute Gasteiger partial charge is 0.330 e. The van der Waals surface area contributed by atoms with Gasteiger partial charge in [-0.1, -0.05) is 12.7 Å². The van der Waals surface area contributed by atoms with Crippen molar-refractivity contribution in [2.75, 3.05) is 0 Å². The van der Waals surface area contributed by atoms with Gasteiger partial charge in [-0.25, -0.2) is 9.59 Å². The van der Waals surface area contributed by atoms with Crippen LogP contribution >= 0.6 is 0 Å². The number of allylic oxidation sites excluding steroid dienone is 1. The van der Waals surface area contributed by atoms with E-state index in [4.69, 9.17) is 10.2 Å². The fraction of sp³-hybridized carbons (Fsp3) is 0.250. The summed E-state index contributed by atoms with van der Waals surface area (Å²) < 4.78 is 0. The van der Waals surface area contributed by atoms with Crippen molar-refractivity contribution in [1.29, 1.82) is 0 Å². The van der Waals surface area contributed by atoms with E-state index in [1.807, 2.05) is 0 Å². The Bertz CT molecular complexity index is 191. The maximum absolute atomic E-state index is 9.60. The second-order valence-corrected chi connectivity index (χ2v) is 1.92. The third kappa shape index (κ3) is 15.8. The maximum Gasteiger partial charge on any atom is 0.330 e. The van der Waals surface area contributed by atoms with Gasteiger partial charge in [0, 0.05) is 11.6 Å². The Hall–Kier alpha value is -1.58. The average Bonchev–Trinajstić information content (AvgIpc) is 1.87. The SMILES string of the molecule is C/C=C/C(=O)O.C=C(C)C(=O)O. The summed E-state index contributed by atoms with van der Waals surface area (Å²) in [6.07, 6.45) is 2.56. The molecular formula is C8H12O4. The molecule has 0 rings (SSSR count). The van der Waals surface area contributed by atoms with Crippen LogP contribution in [-0.2, 0) is 9.59 Å². The van der Waals surface area contributed by atoms with Crippen LogP contribution < -0.4 is 0 Å². The number of rotatable bonds is 2. The molecule has 0 aliphatic rings. The molecule has 0 fully saturated rings. The summed E-state index contributed by atoms with van der Waals surface area (Å²) in [6, 6.07) is 0. The lowest BCUT2D eigenvalue weighted by atomic mass is 10.4. The lowest BCUT2D eigenvalue weighted by Crippen LogP contribution is -1.92. The summed E-state index contributed by atoms with van der Waals surface area (Å²) in [7, 11) is 0. The number of hydrogen-bond acceptors (Lipinski definition) is 2. The van der Waals surface area contributed by atoms with Crippen LogP contribution in [0, 0.1) is 0 Å². The molecule has 68 valence electrons. The van der Waals surface area contributed by atoms with E-state index in [1.165, 1.54) is 13.0 Å². The fourth-order valence-electron chi connectivity index (χ4n) is 0.143. The number of carbonyl (C=O) groups is 2. The van der Waals surface area contributed by atoms with Crippen LogP contribution in [-0.4, -0.2) is 22.2 Å². The molecule has 12 heavy (non-hydrogen) atoms. The van der Waals surface area contributed by atoms with Gasteiger partial charge < -0.3 is 10.2 Å². The van der Waals surface area contributed by atoms with Crippen LogP contribution in [0.1, 0.15) is 13.8 Å². The highest BCUT2D eigenvalue weighted by molar-refractivity contribution is 5.84. The van der Waals surface area contributed by atoms with Crippen molar-refractivity contribution in [2.45, 2.75) is 13.8 Å². The van der Waals surface area contributed by atoms with E-state index in [1.54, 1.807) is 6.92 Å². The molecule has 0 atom stereocenters. The predicted molar refractivity (Wildman–Crippen MR) is 44.9 cm³/mol. The summed E-state index contributed by atoms with van der Waals surface area (Å²) in [5.41, 5.74) is 0.176. The minimum Gasteiger partial charge on any atom is -0.478 e. The summed E-state index contributed by atoms with van der Waals surface area (Å²) >= 11 is 0. The third-order valence-electron chi connectivity index (χ3n) is 0.674. The zero-order valence-corrected chi connectivity index (χ0v) is 7.07. The standard InChI is InChI=1S/2C4H6O2/c1-3(2)4(5)6;1-2-3-4(5)6/h1H2,2H3,(H,5,6);2-3H,1H3,(H,5,6)/b;3-2+. The Morgan fingerprint density at radius 2 is 1.67 bits per heavy atom. The van der Waals surface area contributed by atoms with Crippen molar-refractivity contribution < 1.29 is 19.8 Å². The van der Waals surface area contributed by atoms with Crippen LogP contribution in [0.15, 0.2) is 24.3 Å². The van der Waals surface area contributed by atoms with E-state index in [0.717, 1.165) is 6.08 Å². The Kier molecular flexibility index (Phi) is 8.18. The molecule has 0 aromatic rings. The molecule has 0 aromatic heterocycles. The Labute approximate surface area is 70.8 Å². The van der Waals surface area contributed by atoms with Gasteiger partial charge >= 0.3 is 11.9 Å². The predicted octanol–water partition coefficient (Wildman–Crippen LogP) is 1.29. The highest BCUT2D eigenvalue weighted by Crippen LogP contribution is 1.81. The molecule has 0 heterocycles. The van der Waals surface area contributed by atoms with Crippen molar-refractivity contribution in [2.24, 2.45) is 0 Å². The molecule has 0 amide bonds. The molecule has 4 heteroatoms. The normalized spacial score (nSPS) is 8.50. The molecule has 0 aliphatic carbocycles. The first-order valence-electron chi connectivity index (χ1n) is 3.16. The minimum absolute atomic E-state index is 0.176. The summed E-state index contributed by atoms with van der Waals surface area (Å²) in [5, 5.41) is 15.7. The summed E-state index contributed by atoms with van der Waals surface area (Å²) in [5.74, 6) is -1.83. The molecular weight excluding hydrogens is 160 g/mol. The number of carboxylic acid groups (broad SMARTS) is 2. The van der Waals surface area contributed by atoms with Crippen molar-refractivity contribution in [3.05, 3.63) is 24.3 Å². The third-order valence-corrected chi connectivity index (χ3v) is 0.674. The molecule has 0 bridgehead atoms. The largest absolute Gasteiger partial charge is 0.478 e. The molecule has 0 aliphatic heterocycles. The van der Waals surface area contributed by atoms with Crippen LogP contribution in [0.5, 0.6) is 0 Å². The fourth-order valence-corrected chi connectivity index (χ4v) is 0.143. The zero-order chi connectivity index (χ0) is 10.1. The Morgan fingerprint density at radius 3 is 1.67 bits per heavy atom. The molecule has 0 radical (unpaired) electrons. The van der Waals surface area contributed by atoms with Crippen molar-refractivity contribution in [3.8, 4) is 0 Å². The van der Waals surface area contributed by atoms with Crippen LogP contribution in [0.3, 0.4) is 0 Å². The van der Waals surface area contributed by atoms with Crippen LogP contribution in [0.25, 0.3) is 0 Å². The highest BCUT2D eigenvalue weighted by atomic mass is 16.4. The molecule has 0 unspecified atom stereocenters. The average molecular weight is 172 g/mol. The number of hydrogen-bond donors (Lipinski definition) is 2. The zero-order valence-electron chi connectivity index (χ0n) is 7.07. The molecule has 0 aromatic carbocycles. The van der Waals surface area contributed by atoms with E-state index < -0.39 is 11.9 Å². The second kappa shape index (κ2) is 7.53. The van der Waals surface area contributed by atoms with Gasteiger partial charge in [-0.3, -0.25) is 0 Å². The first kappa shape index (κ1) is 13.0. The van der Waals surface area contributed by atoms with E-state index in [0.29, 0.717) is 0 Å². The minimum atomic E-state index is -0.935. The monoisotopic (exact) mass is 172 g/mol. The van der Waals surface area contributed by atoms with Crippen molar-refractivity contribution in [3.63, 3.8) is 0 Å². The molecule has 2 N–H and O–H groups in total. The van der Waals surface area contributed by atoms with Crippen LogP contribution in [0.4, 0.5) is 0 Å². The lowest BCUT2D eigenvalue weighted by molar-refractivity contribution is -0.133. The van der Waals surface area contributed by atoms with Crippen LogP contribution in [0.2, 0.25) is 0 Å². The quantitative estimate of drug-likeness (QED) is 0.615. The lowest BCUT2D eigenvalue weighted by Gasteiger charge is -1.79. The van der Waals surface area contributed by atoms with Gasteiger partial charge in [0.25, 0.3) is 0 Å². The first-order valence-corrected chi connectivity index (χ1v) is 3.16. The summed E-state index contributed by atoms with van der Waals surface area (Å²) in [6.45, 7) is 6.26. The van der Waals surface area contributed by atoms with Crippen molar-refractivity contribution >= 4 is 11.9 Å². The molecule has 0 saturated carbocycles. The Morgan fingerprint density at radius 1 is 1.33 bits per heavy atom. The van der Waals surface area contributed by atoms with Gasteiger partial charge in [0.1, 0.15) is 0 Å². The number of carboxylic acids is 2.